The molecule has 0 aliphatic carbocycles. The van der Waals surface area contributed by atoms with Gasteiger partial charge in [0.2, 0.25) is 5.91 Å². The van der Waals surface area contributed by atoms with Crippen molar-refractivity contribution in [3.8, 4) is 5.75 Å². The van der Waals surface area contributed by atoms with Crippen LogP contribution in [-0.2, 0) is 11.2 Å². The lowest BCUT2D eigenvalue weighted by atomic mass is 10.1. The van der Waals surface area contributed by atoms with Gasteiger partial charge in [0.25, 0.3) is 0 Å². The van der Waals surface area contributed by atoms with Crippen LogP contribution in [0.3, 0.4) is 0 Å². The van der Waals surface area contributed by atoms with Crippen LogP contribution < -0.4 is 10.2 Å². The number of carbonyl (C=O) groups excluding carboxylic acids is 1. The summed E-state index contributed by atoms with van der Waals surface area (Å²) in [7, 11) is 1.59. The third-order valence-electron chi connectivity index (χ3n) is 2.54. The van der Waals surface area contributed by atoms with Crippen LogP contribution in [0.4, 0.5) is 0 Å². The predicted molar refractivity (Wildman–Crippen MR) is 86.5 cm³/mol. The first-order valence-corrected chi connectivity index (χ1v) is 7.57. The molecule has 0 aliphatic heterocycles. The smallest absolute Gasteiger partial charge is 0.244 e. The summed E-state index contributed by atoms with van der Waals surface area (Å²) >= 11 is 6.51. The zero-order chi connectivity index (χ0) is 15.2. The number of nitrogens with zero attached hydrogens (tertiary/aromatic N) is 1. The summed E-state index contributed by atoms with van der Waals surface area (Å²) in [6, 6.07) is 9.06. The van der Waals surface area contributed by atoms with Gasteiger partial charge in [-0.15, -0.1) is 0 Å². The fourth-order valence-electron chi connectivity index (χ4n) is 1.60. The fourth-order valence-corrected chi connectivity index (χ4v) is 2.21. The highest BCUT2D eigenvalue weighted by Crippen LogP contribution is 2.25. The standard InChI is InChI=1S/C14H12Br2N2O3/c1-20-10-4-2-3-9(5-10)6-13(19)18-17-8-11-7-12(15)14(16)21-11/h2-5,7-8H,6H2,1H3,(H,18,19)/b17-8-. The molecule has 5 nitrogen and oxygen atoms in total. The molecule has 0 spiro atoms. The molecule has 0 aliphatic rings. The number of hydrogen-bond acceptors (Lipinski definition) is 4. The van der Waals surface area contributed by atoms with Crippen molar-refractivity contribution in [3.63, 3.8) is 0 Å². The highest BCUT2D eigenvalue weighted by Gasteiger charge is 2.05. The molecule has 1 amide bonds. The predicted octanol–water partition coefficient (Wildman–Crippen LogP) is 3.51. The van der Waals surface area contributed by atoms with Gasteiger partial charge in [0.1, 0.15) is 11.5 Å². The second kappa shape index (κ2) is 7.42. The van der Waals surface area contributed by atoms with E-state index in [0.29, 0.717) is 16.2 Å². The molecule has 0 atom stereocenters. The van der Waals surface area contributed by atoms with Crippen molar-refractivity contribution in [2.45, 2.75) is 6.42 Å². The van der Waals surface area contributed by atoms with Crippen LogP contribution >= 0.6 is 31.9 Å². The van der Waals surface area contributed by atoms with E-state index in [4.69, 9.17) is 9.15 Å². The van der Waals surface area contributed by atoms with E-state index >= 15 is 0 Å². The van der Waals surface area contributed by atoms with Crippen LogP contribution in [0.15, 0.2) is 49.0 Å². The Labute approximate surface area is 138 Å². The topological polar surface area (TPSA) is 63.8 Å². The number of amides is 1. The maximum absolute atomic E-state index is 11.8. The number of methoxy groups -OCH3 is 1. The summed E-state index contributed by atoms with van der Waals surface area (Å²) in [5.41, 5.74) is 3.30. The highest BCUT2D eigenvalue weighted by atomic mass is 79.9. The summed E-state index contributed by atoms with van der Waals surface area (Å²) in [4.78, 5) is 11.8. The normalized spacial score (nSPS) is 10.8. The molecule has 7 heteroatoms. The Morgan fingerprint density at radius 2 is 2.24 bits per heavy atom. The summed E-state index contributed by atoms with van der Waals surface area (Å²) in [5, 5.41) is 3.84. The van der Waals surface area contributed by atoms with Crippen LogP contribution in [0.25, 0.3) is 0 Å². The lowest BCUT2D eigenvalue weighted by Crippen LogP contribution is -2.19. The Balaban J connectivity index is 1.89. The van der Waals surface area contributed by atoms with Gasteiger partial charge in [0.05, 0.1) is 24.2 Å². The molecule has 1 aromatic carbocycles. The number of hydrogen-bond donors (Lipinski definition) is 1. The number of rotatable bonds is 5. The van der Waals surface area contributed by atoms with Crippen LogP contribution in [0.2, 0.25) is 0 Å². The van der Waals surface area contributed by atoms with Crippen molar-refractivity contribution in [2.75, 3.05) is 7.11 Å². The molecule has 1 heterocycles. The molecule has 0 bridgehead atoms. The molecular weight excluding hydrogens is 404 g/mol. The molecular formula is C14H12Br2N2O3. The third kappa shape index (κ3) is 4.71. The lowest BCUT2D eigenvalue weighted by molar-refractivity contribution is -0.120. The lowest BCUT2D eigenvalue weighted by Gasteiger charge is -2.03. The number of halogens is 2. The van der Waals surface area contributed by atoms with Gasteiger partial charge in [-0.05, 0) is 49.6 Å². The second-order valence-electron chi connectivity index (χ2n) is 4.09. The first kappa shape index (κ1) is 15.8. The maximum atomic E-state index is 11.8. The monoisotopic (exact) mass is 414 g/mol. The van der Waals surface area contributed by atoms with Gasteiger partial charge < -0.3 is 9.15 Å². The summed E-state index contributed by atoms with van der Waals surface area (Å²) < 4.78 is 11.8. The van der Waals surface area contributed by atoms with Gasteiger partial charge in [-0.25, -0.2) is 5.43 Å². The van der Waals surface area contributed by atoms with Crippen molar-refractivity contribution in [2.24, 2.45) is 5.10 Å². The molecule has 2 aromatic rings. The van der Waals surface area contributed by atoms with Crippen molar-refractivity contribution in [1.82, 2.24) is 5.43 Å². The van der Waals surface area contributed by atoms with Crippen molar-refractivity contribution >= 4 is 44.0 Å². The zero-order valence-electron chi connectivity index (χ0n) is 11.1. The van der Waals surface area contributed by atoms with Gasteiger partial charge in [0.15, 0.2) is 4.67 Å². The summed E-state index contributed by atoms with van der Waals surface area (Å²) in [5.74, 6) is 1.02. The number of benzene rings is 1. The minimum atomic E-state index is -0.218. The number of furan rings is 1. The van der Waals surface area contributed by atoms with Crippen molar-refractivity contribution in [3.05, 3.63) is 50.8 Å². The van der Waals surface area contributed by atoms with Crippen LogP contribution in [0.1, 0.15) is 11.3 Å². The van der Waals surface area contributed by atoms with Crippen LogP contribution in [0, 0.1) is 0 Å². The minimum absolute atomic E-state index is 0.218. The largest absolute Gasteiger partial charge is 0.497 e. The van der Waals surface area contributed by atoms with Gasteiger partial charge >= 0.3 is 0 Å². The summed E-state index contributed by atoms with van der Waals surface area (Å²) in [6.45, 7) is 0. The average molecular weight is 416 g/mol. The molecule has 110 valence electrons. The number of hydrazone groups is 1. The fraction of sp³-hybridized carbons (Fsp3) is 0.143. The van der Waals surface area contributed by atoms with E-state index < -0.39 is 0 Å². The molecule has 1 aromatic heterocycles. The van der Waals surface area contributed by atoms with Gasteiger partial charge in [-0.3, -0.25) is 4.79 Å². The van der Waals surface area contributed by atoms with E-state index in [1.54, 1.807) is 13.2 Å². The number of carbonyl (C=O) groups is 1. The molecule has 0 saturated heterocycles. The third-order valence-corrected chi connectivity index (χ3v) is 4.25. The molecule has 0 saturated carbocycles. The van der Waals surface area contributed by atoms with E-state index in [1.807, 2.05) is 24.3 Å². The van der Waals surface area contributed by atoms with Crippen molar-refractivity contribution < 1.29 is 13.9 Å². The first-order valence-electron chi connectivity index (χ1n) is 5.98. The number of nitrogens with one attached hydrogen (secondary N) is 1. The molecule has 1 N–H and O–H groups in total. The average Bonchev–Trinajstić information content (AvgIpc) is 2.78. The molecule has 0 unspecified atom stereocenters. The Hall–Kier alpha value is -1.60. The molecule has 21 heavy (non-hydrogen) atoms. The van der Waals surface area contributed by atoms with Crippen LogP contribution in [0.5, 0.6) is 5.75 Å². The van der Waals surface area contributed by atoms with Crippen molar-refractivity contribution in [1.29, 1.82) is 0 Å². The highest BCUT2D eigenvalue weighted by molar-refractivity contribution is 9.13. The summed E-state index contributed by atoms with van der Waals surface area (Å²) in [6.07, 6.45) is 1.65. The van der Waals surface area contributed by atoms with E-state index in [2.05, 4.69) is 42.4 Å². The molecule has 2 rings (SSSR count). The SMILES string of the molecule is COc1cccc(CC(=O)N/N=C\c2cc(Br)c(Br)o2)c1. The molecule has 0 radical (unpaired) electrons. The Bertz CT molecular complexity index is 648. The van der Waals surface area contributed by atoms with E-state index in [0.717, 1.165) is 10.0 Å². The Kier molecular flexibility index (Phi) is 5.58. The van der Waals surface area contributed by atoms with E-state index in [1.165, 1.54) is 6.21 Å². The van der Waals surface area contributed by atoms with E-state index in [9.17, 15) is 4.79 Å². The zero-order valence-corrected chi connectivity index (χ0v) is 14.3. The van der Waals surface area contributed by atoms with Crippen LogP contribution in [-0.4, -0.2) is 19.2 Å². The number of ether oxygens (including phenoxy) is 1. The second-order valence-corrected chi connectivity index (χ2v) is 5.67. The van der Waals surface area contributed by atoms with Gasteiger partial charge in [0, 0.05) is 6.07 Å². The first-order chi connectivity index (χ1) is 10.1. The minimum Gasteiger partial charge on any atom is -0.497 e. The molecule has 0 fully saturated rings. The van der Waals surface area contributed by atoms with Gasteiger partial charge in [-0.2, -0.15) is 5.10 Å². The Morgan fingerprint density at radius 1 is 1.43 bits per heavy atom. The Morgan fingerprint density at radius 3 is 2.90 bits per heavy atom. The quantitative estimate of drug-likeness (QED) is 0.600. The van der Waals surface area contributed by atoms with E-state index in [-0.39, 0.29) is 12.3 Å². The van der Waals surface area contributed by atoms with Gasteiger partial charge in [-0.1, -0.05) is 12.1 Å². The maximum Gasteiger partial charge on any atom is 0.244 e.